The Kier molecular flexibility index (Phi) is 5.22. The highest BCUT2D eigenvalue weighted by Gasteiger charge is 2.17. The van der Waals surface area contributed by atoms with E-state index in [2.05, 4.69) is 17.6 Å². The molecule has 0 saturated carbocycles. The van der Waals surface area contributed by atoms with Crippen molar-refractivity contribution in [2.75, 3.05) is 19.6 Å². The van der Waals surface area contributed by atoms with Crippen LogP contribution >= 0.6 is 0 Å². The minimum atomic E-state index is -0.0339. The van der Waals surface area contributed by atoms with Gasteiger partial charge in [-0.25, -0.2) is 0 Å². The van der Waals surface area contributed by atoms with Gasteiger partial charge in [0, 0.05) is 12.1 Å². The fourth-order valence-corrected chi connectivity index (χ4v) is 1.81. The van der Waals surface area contributed by atoms with E-state index < -0.39 is 0 Å². The van der Waals surface area contributed by atoms with E-state index in [0.29, 0.717) is 17.9 Å². The number of aryl methyl sites for hydroxylation is 2. The van der Waals surface area contributed by atoms with Gasteiger partial charge in [0.05, 0.1) is 5.56 Å². The van der Waals surface area contributed by atoms with Crippen LogP contribution in [0.4, 0.5) is 0 Å². The van der Waals surface area contributed by atoms with Crippen LogP contribution in [-0.4, -0.2) is 25.5 Å². The van der Waals surface area contributed by atoms with Crippen molar-refractivity contribution >= 4 is 5.91 Å². The lowest BCUT2D eigenvalue weighted by Crippen LogP contribution is -2.27. The molecule has 2 N–H and O–H groups in total. The molecule has 0 bridgehead atoms. The van der Waals surface area contributed by atoms with Gasteiger partial charge >= 0.3 is 0 Å². The normalized spacial score (nSPS) is 10.6. The molecule has 4 heteroatoms. The minimum absolute atomic E-state index is 0.0339. The summed E-state index contributed by atoms with van der Waals surface area (Å²) >= 11 is 0. The van der Waals surface area contributed by atoms with Crippen LogP contribution in [0, 0.1) is 20.8 Å². The second-order valence-electron chi connectivity index (χ2n) is 4.18. The van der Waals surface area contributed by atoms with Gasteiger partial charge in [0.15, 0.2) is 0 Å². The molecule has 0 atom stereocenters. The topological polar surface area (TPSA) is 54.3 Å². The average molecular weight is 238 g/mol. The second-order valence-corrected chi connectivity index (χ2v) is 4.18. The standard InChI is InChI=1S/C13H22N2O2/c1-5-14-7-6-8-15-13(16)12-9(2)10(3)17-11(12)4/h14H,5-8H2,1-4H3,(H,15,16). The molecule has 96 valence electrons. The molecular weight excluding hydrogens is 216 g/mol. The molecule has 0 aliphatic heterocycles. The maximum atomic E-state index is 11.9. The van der Waals surface area contributed by atoms with Crippen molar-refractivity contribution in [1.82, 2.24) is 10.6 Å². The van der Waals surface area contributed by atoms with Gasteiger partial charge in [-0.3, -0.25) is 4.79 Å². The smallest absolute Gasteiger partial charge is 0.255 e. The fraction of sp³-hybridized carbons (Fsp3) is 0.615. The molecule has 0 unspecified atom stereocenters. The Morgan fingerprint density at radius 3 is 2.41 bits per heavy atom. The van der Waals surface area contributed by atoms with Crippen molar-refractivity contribution in [3.05, 3.63) is 22.6 Å². The molecule has 1 aromatic heterocycles. The lowest BCUT2D eigenvalue weighted by molar-refractivity contribution is 0.0951. The number of rotatable bonds is 6. The van der Waals surface area contributed by atoms with Crippen LogP contribution in [0.25, 0.3) is 0 Å². The Morgan fingerprint density at radius 2 is 1.88 bits per heavy atom. The Hall–Kier alpha value is -1.29. The molecule has 1 aromatic rings. The predicted octanol–water partition coefficient (Wildman–Crippen LogP) is 1.93. The lowest BCUT2D eigenvalue weighted by Gasteiger charge is -2.05. The van der Waals surface area contributed by atoms with Gasteiger partial charge in [0.2, 0.25) is 0 Å². The summed E-state index contributed by atoms with van der Waals surface area (Å²) in [6, 6.07) is 0. The first kappa shape index (κ1) is 13.8. The van der Waals surface area contributed by atoms with E-state index in [1.807, 2.05) is 20.8 Å². The fourth-order valence-electron chi connectivity index (χ4n) is 1.81. The van der Waals surface area contributed by atoms with Crippen molar-refractivity contribution < 1.29 is 9.21 Å². The third-order valence-electron chi connectivity index (χ3n) is 2.85. The lowest BCUT2D eigenvalue weighted by atomic mass is 10.1. The summed E-state index contributed by atoms with van der Waals surface area (Å²) < 4.78 is 5.44. The molecule has 0 aromatic carbocycles. The van der Waals surface area contributed by atoms with Crippen molar-refractivity contribution in [2.24, 2.45) is 0 Å². The Labute approximate surface area is 103 Å². The first-order valence-electron chi connectivity index (χ1n) is 6.13. The average Bonchev–Trinajstić information content (AvgIpc) is 2.53. The van der Waals surface area contributed by atoms with Crippen LogP contribution < -0.4 is 10.6 Å². The molecule has 1 amide bonds. The van der Waals surface area contributed by atoms with Gasteiger partial charge < -0.3 is 15.1 Å². The molecule has 0 spiro atoms. The van der Waals surface area contributed by atoms with Gasteiger partial charge in [0.25, 0.3) is 5.91 Å². The molecular formula is C13H22N2O2. The third-order valence-corrected chi connectivity index (χ3v) is 2.85. The van der Waals surface area contributed by atoms with Crippen molar-refractivity contribution in [1.29, 1.82) is 0 Å². The highest BCUT2D eigenvalue weighted by Crippen LogP contribution is 2.20. The summed E-state index contributed by atoms with van der Waals surface area (Å²) in [6.07, 6.45) is 0.939. The first-order valence-corrected chi connectivity index (χ1v) is 6.13. The maximum Gasteiger partial charge on any atom is 0.255 e. The van der Waals surface area contributed by atoms with Crippen LogP contribution in [0.1, 0.15) is 40.8 Å². The van der Waals surface area contributed by atoms with E-state index in [-0.39, 0.29) is 5.91 Å². The van der Waals surface area contributed by atoms with Gasteiger partial charge in [-0.05, 0) is 40.3 Å². The molecule has 1 rings (SSSR count). The van der Waals surface area contributed by atoms with Gasteiger partial charge in [0.1, 0.15) is 11.5 Å². The third kappa shape index (κ3) is 3.60. The number of amides is 1. The van der Waals surface area contributed by atoms with Gasteiger partial charge in [-0.1, -0.05) is 6.92 Å². The van der Waals surface area contributed by atoms with E-state index in [1.54, 1.807) is 0 Å². The SMILES string of the molecule is CCNCCCNC(=O)c1c(C)oc(C)c1C. The van der Waals surface area contributed by atoms with E-state index >= 15 is 0 Å². The molecule has 0 aliphatic carbocycles. The zero-order chi connectivity index (χ0) is 12.8. The zero-order valence-electron chi connectivity index (χ0n) is 11.1. The van der Waals surface area contributed by atoms with E-state index in [9.17, 15) is 4.79 Å². The largest absolute Gasteiger partial charge is 0.466 e. The van der Waals surface area contributed by atoms with E-state index in [1.165, 1.54) is 0 Å². The summed E-state index contributed by atoms with van der Waals surface area (Å²) in [5.74, 6) is 1.48. The van der Waals surface area contributed by atoms with Crippen LogP contribution in [0.2, 0.25) is 0 Å². The molecule has 0 aliphatic rings. The Morgan fingerprint density at radius 1 is 1.18 bits per heavy atom. The van der Waals surface area contributed by atoms with Crippen LogP contribution in [0.5, 0.6) is 0 Å². The van der Waals surface area contributed by atoms with Crippen LogP contribution in [0.15, 0.2) is 4.42 Å². The highest BCUT2D eigenvalue weighted by molar-refractivity contribution is 5.96. The van der Waals surface area contributed by atoms with Gasteiger partial charge in [-0.2, -0.15) is 0 Å². The summed E-state index contributed by atoms with van der Waals surface area (Å²) in [5, 5.41) is 6.13. The summed E-state index contributed by atoms with van der Waals surface area (Å²) in [7, 11) is 0. The number of carbonyl (C=O) groups excluding carboxylic acids is 1. The number of hydrogen-bond donors (Lipinski definition) is 2. The minimum Gasteiger partial charge on any atom is -0.466 e. The Bertz CT molecular complexity index is 383. The van der Waals surface area contributed by atoms with Crippen LogP contribution in [0.3, 0.4) is 0 Å². The van der Waals surface area contributed by atoms with E-state index in [4.69, 9.17) is 4.42 Å². The van der Waals surface area contributed by atoms with E-state index in [0.717, 1.165) is 30.8 Å². The molecule has 17 heavy (non-hydrogen) atoms. The first-order chi connectivity index (χ1) is 8.07. The molecule has 0 saturated heterocycles. The highest BCUT2D eigenvalue weighted by atomic mass is 16.3. The molecule has 4 nitrogen and oxygen atoms in total. The molecule has 0 radical (unpaired) electrons. The van der Waals surface area contributed by atoms with Crippen molar-refractivity contribution in [2.45, 2.75) is 34.1 Å². The maximum absolute atomic E-state index is 11.9. The van der Waals surface area contributed by atoms with Gasteiger partial charge in [-0.15, -0.1) is 0 Å². The number of nitrogens with one attached hydrogen (secondary N) is 2. The quantitative estimate of drug-likeness (QED) is 0.745. The molecule has 1 heterocycles. The van der Waals surface area contributed by atoms with Crippen molar-refractivity contribution in [3.63, 3.8) is 0 Å². The second kappa shape index (κ2) is 6.45. The van der Waals surface area contributed by atoms with Crippen molar-refractivity contribution in [3.8, 4) is 0 Å². The number of hydrogen-bond acceptors (Lipinski definition) is 3. The predicted molar refractivity (Wildman–Crippen MR) is 68.4 cm³/mol. The number of furan rings is 1. The zero-order valence-corrected chi connectivity index (χ0v) is 11.1. The molecule has 0 fully saturated rings. The summed E-state index contributed by atoms with van der Waals surface area (Å²) in [4.78, 5) is 11.9. The van der Waals surface area contributed by atoms with Crippen LogP contribution in [-0.2, 0) is 0 Å². The Balaban J connectivity index is 2.47. The monoisotopic (exact) mass is 238 g/mol. The summed E-state index contributed by atoms with van der Waals surface area (Å²) in [5.41, 5.74) is 1.62. The number of carbonyl (C=O) groups is 1. The summed E-state index contributed by atoms with van der Waals surface area (Å²) in [6.45, 7) is 10.3.